The Kier molecular flexibility index (Phi) is 7.66. The van der Waals surface area contributed by atoms with Crippen molar-refractivity contribution in [3.05, 3.63) is 99.0 Å². The maximum atomic E-state index is 13.0. The molecule has 0 spiro atoms. The smallest absolute Gasteiger partial charge is 0.341 e. The number of ether oxygens (including phenoxy) is 2. The van der Waals surface area contributed by atoms with Gasteiger partial charge in [0.15, 0.2) is 0 Å². The average Bonchev–Trinajstić information content (AvgIpc) is 3.16. The van der Waals surface area contributed by atoms with Gasteiger partial charge in [-0.15, -0.1) is 0 Å². The Morgan fingerprint density at radius 2 is 1.53 bits per heavy atom. The first-order valence-electron chi connectivity index (χ1n) is 11.9. The molecule has 0 unspecified atom stereocenters. The van der Waals surface area contributed by atoms with Gasteiger partial charge in [-0.3, -0.25) is 4.79 Å². The second-order valence-corrected chi connectivity index (χ2v) is 8.61. The number of methoxy groups -OCH3 is 2. The lowest BCUT2D eigenvalue weighted by Crippen LogP contribution is -2.21. The number of carboxylic acids is 1. The zero-order chi connectivity index (χ0) is 27.4. The monoisotopic (exact) mass is 514 g/mol. The fraction of sp³-hybridized carbons (Fsp3) is 0.207. The predicted octanol–water partition coefficient (Wildman–Crippen LogP) is 4.34. The van der Waals surface area contributed by atoms with Gasteiger partial charge in [-0.1, -0.05) is 49.4 Å². The summed E-state index contributed by atoms with van der Waals surface area (Å²) in [6.07, 6.45) is 1.41. The number of hydrogen-bond donors (Lipinski definition) is 1. The van der Waals surface area contributed by atoms with E-state index >= 15 is 0 Å². The zero-order valence-electron chi connectivity index (χ0n) is 21.2. The summed E-state index contributed by atoms with van der Waals surface area (Å²) >= 11 is 0. The zero-order valence-corrected chi connectivity index (χ0v) is 21.2. The topological polar surface area (TPSA) is 125 Å². The highest BCUT2D eigenvalue weighted by Crippen LogP contribution is 2.26. The van der Waals surface area contributed by atoms with Gasteiger partial charge >= 0.3 is 17.9 Å². The molecule has 0 bridgehead atoms. The second kappa shape index (κ2) is 11.1. The lowest BCUT2D eigenvalue weighted by atomic mass is 9.99. The molecule has 9 heteroatoms. The van der Waals surface area contributed by atoms with Crippen LogP contribution in [0.1, 0.15) is 55.8 Å². The van der Waals surface area contributed by atoms with Gasteiger partial charge in [0, 0.05) is 13.0 Å². The molecule has 1 N–H and O–H groups in total. The van der Waals surface area contributed by atoms with E-state index in [1.54, 1.807) is 24.3 Å². The highest BCUT2D eigenvalue weighted by molar-refractivity contribution is 5.99. The number of hydrogen-bond acceptors (Lipinski definition) is 7. The number of carboxylic acid groups (broad SMARTS) is 1. The highest BCUT2D eigenvalue weighted by Gasteiger charge is 2.22. The molecular weight excluding hydrogens is 488 g/mol. The SMILES string of the molecule is CCCc1nc2cc(C(=O)OC)c(=O)c(C(=O)OC)cc2n1Cc1ccc(-c2ccccc2C(=O)O)cc1. The van der Waals surface area contributed by atoms with E-state index in [9.17, 15) is 24.3 Å². The van der Waals surface area contributed by atoms with Gasteiger partial charge in [-0.25, -0.2) is 19.4 Å². The maximum Gasteiger partial charge on any atom is 0.341 e. The Morgan fingerprint density at radius 1 is 0.895 bits per heavy atom. The van der Waals surface area contributed by atoms with Crippen molar-refractivity contribution in [1.82, 2.24) is 9.55 Å². The molecule has 38 heavy (non-hydrogen) atoms. The molecule has 0 saturated carbocycles. The first-order valence-corrected chi connectivity index (χ1v) is 11.9. The van der Waals surface area contributed by atoms with Crippen molar-refractivity contribution >= 4 is 28.9 Å². The molecule has 9 nitrogen and oxygen atoms in total. The second-order valence-electron chi connectivity index (χ2n) is 8.61. The van der Waals surface area contributed by atoms with Crippen LogP contribution < -0.4 is 5.43 Å². The number of carbonyl (C=O) groups excluding carboxylic acids is 2. The van der Waals surface area contributed by atoms with Crippen molar-refractivity contribution in [3.63, 3.8) is 0 Å². The van der Waals surface area contributed by atoms with Gasteiger partial charge in [-0.05, 0) is 41.3 Å². The molecule has 4 rings (SSSR count). The van der Waals surface area contributed by atoms with Gasteiger partial charge in [0.05, 0.1) is 30.8 Å². The Balaban J connectivity index is 1.85. The molecule has 0 atom stereocenters. The normalized spacial score (nSPS) is 10.8. The minimum atomic E-state index is -1.00. The van der Waals surface area contributed by atoms with Crippen LogP contribution in [0.25, 0.3) is 22.2 Å². The van der Waals surface area contributed by atoms with Crippen LogP contribution >= 0.6 is 0 Å². The quantitative estimate of drug-likeness (QED) is 0.345. The summed E-state index contributed by atoms with van der Waals surface area (Å²) in [6.45, 7) is 2.37. The highest BCUT2D eigenvalue weighted by atomic mass is 16.5. The van der Waals surface area contributed by atoms with Gasteiger partial charge in [0.2, 0.25) is 5.43 Å². The number of carbonyl (C=O) groups is 3. The number of aromatic nitrogens is 2. The molecule has 0 aliphatic carbocycles. The van der Waals surface area contributed by atoms with Crippen molar-refractivity contribution in [2.75, 3.05) is 14.2 Å². The van der Waals surface area contributed by atoms with Crippen LogP contribution in [-0.4, -0.2) is 46.8 Å². The van der Waals surface area contributed by atoms with E-state index < -0.39 is 23.3 Å². The van der Waals surface area contributed by atoms with Crippen molar-refractivity contribution in [3.8, 4) is 11.1 Å². The lowest BCUT2D eigenvalue weighted by Gasteiger charge is -2.11. The summed E-state index contributed by atoms with van der Waals surface area (Å²) in [5, 5.41) is 9.53. The third-order valence-electron chi connectivity index (χ3n) is 6.21. The van der Waals surface area contributed by atoms with Crippen LogP contribution in [-0.2, 0) is 22.4 Å². The molecule has 1 aromatic heterocycles. The van der Waals surface area contributed by atoms with Gasteiger partial charge in [0.25, 0.3) is 0 Å². The van der Waals surface area contributed by atoms with E-state index in [0.29, 0.717) is 35.4 Å². The Morgan fingerprint density at radius 3 is 2.13 bits per heavy atom. The molecule has 0 fully saturated rings. The first kappa shape index (κ1) is 26.3. The molecule has 4 aromatic rings. The van der Waals surface area contributed by atoms with E-state index in [2.05, 4.69) is 4.98 Å². The van der Waals surface area contributed by atoms with Crippen molar-refractivity contribution in [2.24, 2.45) is 0 Å². The van der Waals surface area contributed by atoms with Crippen LogP contribution in [0.5, 0.6) is 0 Å². The summed E-state index contributed by atoms with van der Waals surface area (Å²) < 4.78 is 11.5. The fourth-order valence-corrected chi connectivity index (χ4v) is 4.35. The van der Waals surface area contributed by atoms with Crippen molar-refractivity contribution in [1.29, 1.82) is 0 Å². The summed E-state index contributed by atoms with van der Waals surface area (Å²) in [4.78, 5) is 54.2. The van der Waals surface area contributed by atoms with E-state index in [1.165, 1.54) is 12.1 Å². The molecule has 194 valence electrons. The third-order valence-corrected chi connectivity index (χ3v) is 6.21. The lowest BCUT2D eigenvalue weighted by molar-refractivity contribution is 0.0595. The molecular formula is C29H26N2O7. The number of benzene rings is 2. The molecule has 3 aromatic carbocycles. The largest absolute Gasteiger partial charge is 0.478 e. The molecule has 1 heterocycles. The number of fused-ring (bicyclic) bond motifs is 1. The molecule has 0 saturated heterocycles. The Hall–Kier alpha value is -4.79. The number of imidazole rings is 1. The third kappa shape index (κ3) is 5.04. The Labute approximate surface area is 218 Å². The fourth-order valence-electron chi connectivity index (χ4n) is 4.35. The minimum Gasteiger partial charge on any atom is -0.478 e. The summed E-state index contributed by atoms with van der Waals surface area (Å²) in [6, 6.07) is 17.0. The number of esters is 2. The summed E-state index contributed by atoms with van der Waals surface area (Å²) in [5.74, 6) is -2.03. The van der Waals surface area contributed by atoms with Crippen molar-refractivity contribution < 1.29 is 29.0 Å². The van der Waals surface area contributed by atoms with Crippen LogP contribution in [0.4, 0.5) is 0 Å². The molecule has 0 aliphatic heterocycles. The first-order chi connectivity index (χ1) is 18.3. The van der Waals surface area contributed by atoms with Crippen LogP contribution in [0.2, 0.25) is 0 Å². The van der Waals surface area contributed by atoms with E-state index in [4.69, 9.17) is 9.47 Å². The predicted molar refractivity (Wildman–Crippen MR) is 141 cm³/mol. The van der Waals surface area contributed by atoms with Gasteiger partial charge in [-0.2, -0.15) is 0 Å². The van der Waals surface area contributed by atoms with Crippen LogP contribution in [0, 0.1) is 0 Å². The van der Waals surface area contributed by atoms with Crippen LogP contribution in [0.3, 0.4) is 0 Å². The van der Waals surface area contributed by atoms with E-state index in [0.717, 1.165) is 31.8 Å². The average molecular weight is 515 g/mol. The number of aryl methyl sites for hydroxylation is 1. The standard InChI is InChI=1S/C29H26N2O7/c1-4-7-25-30-23-14-21(28(35)37-2)26(32)22(29(36)38-3)15-24(23)31(25)16-17-10-12-18(13-11-17)19-8-5-6-9-20(19)27(33)34/h5-6,8-15H,4,7,16H2,1-3H3,(H,33,34). The minimum absolute atomic E-state index is 0.212. The van der Waals surface area contributed by atoms with Gasteiger partial charge in [0.1, 0.15) is 17.0 Å². The number of nitrogens with zero attached hydrogens (tertiary/aromatic N) is 2. The number of aromatic carboxylic acids is 1. The van der Waals surface area contributed by atoms with Crippen molar-refractivity contribution in [2.45, 2.75) is 26.3 Å². The maximum absolute atomic E-state index is 13.0. The van der Waals surface area contributed by atoms with E-state index in [-0.39, 0.29) is 16.7 Å². The van der Waals surface area contributed by atoms with Crippen LogP contribution in [0.15, 0.2) is 65.5 Å². The summed E-state index contributed by atoms with van der Waals surface area (Å²) in [7, 11) is 2.32. The molecule has 0 amide bonds. The summed E-state index contributed by atoms with van der Waals surface area (Å²) in [5.41, 5.74) is 1.92. The van der Waals surface area contributed by atoms with E-state index in [1.807, 2.05) is 35.8 Å². The molecule has 0 aliphatic rings. The Bertz CT molecular complexity index is 1600. The molecule has 0 radical (unpaired) electrons. The van der Waals surface area contributed by atoms with Gasteiger partial charge < -0.3 is 19.1 Å². The number of rotatable bonds is 8.